The summed E-state index contributed by atoms with van der Waals surface area (Å²) in [5.74, 6) is -0.115. The fourth-order valence-electron chi connectivity index (χ4n) is 1.60. The highest BCUT2D eigenvalue weighted by Gasteiger charge is 2.10. The number of nitrogens with one attached hydrogen (secondary N) is 2. The maximum Gasteiger partial charge on any atom is 0.269 e. The molecule has 0 fully saturated rings. The minimum Gasteiger partial charge on any atom is -0.383 e. The van der Waals surface area contributed by atoms with Gasteiger partial charge in [0.25, 0.3) is 5.69 Å². The SMILES string of the molecule is COCCNC(=O)CNC(C)c1ccc([N+](=O)[O-])cc1. The quantitative estimate of drug-likeness (QED) is 0.421. The van der Waals surface area contributed by atoms with Crippen molar-refractivity contribution in [2.24, 2.45) is 0 Å². The maximum absolute atomic E-state index is 11.5. The van der Waals surface area contributed by atoms with Crippen molar-refractivity contribution in [3.05, 3.63) is 39.9 Å². The third-order valence-electron chi connectivity index (χ3n) is 2.80. The third kappa shape index (κ3) is 5.33. The first-order valence-corrected chi connectivity index (χ1v) is 6.28. The molecule has 0 heterocycles. The first-order valence-electron chi connectivity index (χ1n) is 6.28. The molecule has 0 bridgehead atoms. The van der Waals surface area contributed by atoms with Crippen molar-refractivity contribution in [2.75, 3.05) is 26.8 Å². The van der Waals surface area contributed by atoms with Crippen molar-refractivity contribution in [1.82, 2.24) is 10.6 Å². The van der Waals surface area contributed by atoms with Gasteiger partial charge in [-0.15, -0.1) is 0 Å². The van der Waals surface area contributed by atoms with Gasteiger partial charge in [-0.3, -0.25) is 14.9 Å². The van der Waals surface area contributed by atoms with Crippen LogP contribution >= 0.6 is 0 Å². The van der Waals surface area contributed by atoms with E-state index >= 15 is 0 Å². The van der Waals surface area contributed by atoms with Crippen LogP contribution in [0.25, 0.3) is 0 Å². The summed E-state index contributed by atoms with van der Waals surface area (Å²) in [4.78, 5) is 21.6. The summed E-state index contributed by atoms with van der Waals surface area (Å²) in [5.41, 5.74) is 0.943. The summed E-state index contributed by atoms with van der Waals surface area (Å²) in [6.45, 7) is 3.03. The number of non-ortho nitro benzene ring substituents is 1. The van der Waals surface area contributed by atoms with Crippen LogP contribution in [0, 0.1) is 10.1 Å². The lowest BCUT2D eigenvalue weighted by Gasteiger charge is -2.14. The number of nitro groups is 1. The van der Waals surface area contributed by atoms with E-state index in [1.165, 1.54) is 12.1 Å². The van der Waals surface area contributed by atoms with E-state index in [1.54, 1.807) is 19.2 Å². The Hall–Kier alpha value is -1.99. The van der Waals surface area contributed by atoms with Crippen LogP contribution in [0.15, 0.2) is 24.3 Å². The molecule has 110 valence electrons. The summed E-state index contributed by atoms with van der Waals surface area (Å²) in [5, 5.41) is 16.3. The summed E-state index contributed by atoms with van der Waals surface area (Å²) < 4.78 is 4.83. The van der Waals surface area contributed by atoms with Crippen LogP contribution in [-0.2, 0) is 9.53 Å². The molecule has 1 aromatic rings. The smallest absolute Gasteiger partial charge is 0.269 e. The Balaban J connectivity index is 2.40. The summed E-state index contributed by atoms with van der Waals surface area (Å²) in [6, 6.07) is 6.19. The van der Waals surface area contributed by atoms with E-state index in [1.807, 2.05) is 6.92 Å². The zero-order valence-corrected chi connectivity index (χ0v) is 11.6. The molecule has 1 amide bonds. The molecule has 0 saturated heterocycles. The Labute approximate surface area is 117 Å². The van der Waals surface area contributed by atoms with E-state index in [4.69, 9.17) is 4.74 Å². The highest BCUT2D eigenvalue weighted by Crippen LogP contribution is 2.17. The van der Waals surface area contributed by atoms with Crippen LogP contribution in [0.1, 0.15) is 18.5 Å². The molecule has 2 N–H and O–H groups in total. The van der Waals surface area contributed by atoms with Crippen molar-refractivity contribution in [3.8, 4) is 0 Å². The number of methoxy groups -OCH3 is 1. The van der Waals surface area contributed by atoms with Crippen molar-refractivity contribution in [2.45, 2.75) is 13.0 Å². The predicted octanol–water partition coefficient (Wildman–Crippen LogP) is 1.01. The van der Waals surface area contributed by atoms with Crippen LogP contribution in [0.2, 0.25) is 0 Å². The van der Waals surface area contributed by atoms with Crippen LogP contribution in [0.4, 0.5) is 5.69 Å². The first-order chi connectivity index (χ1) is 9.54. The molecule has 20 heavy (non-hydrogen) atoms. The van der Waals surface area contributed by atoms with Gasteiger partial charge in [-0.2, -0.15) is 0 Å². The van der Waals surface area contributed by atoms with E-state index in [2.05, 4.69) is 10.6 Å². The molecule has 0 spiro atoms. The second-order valence-corrected chi connectivity index (χ2v) is 4.29. The fourth-order valence-corrected chi connectivity index (χ4v) is 1.60. The number of nitrogens with zero attached hydrogens (tertiary/aromatic N) is 1. The number of nitro benzene ring substituents is 1. The normalized spacial score (nSPS) is 11.9. The number of carbonyl (C=O) groups is 1. The predicted molar refractivity (Wildman–Crippen MR) is 74.4 cm³/mol. The van der Waals surface area contributed by atoms with Gasteiger partial charge in [0, 0.05) is 31.8 Å². The Morgan fingerprint density at radius 1 is 1.40 bits per heavy atom. The molecule has 0 saturated carbocycles. The summed E-state index contributed by atoms with van der Waals surface area (Å²) in [7, 11) is 1.57. The Morgan fingerprint density at radius 2 is 2.05 bits per heavy atom. The molecule has 0 aromatic heterocycles. The van der Waals surface area contributed by atoms with Crippen molar-refractivity contribution < 1.29 is 14.5 Å². The van der Waals surface area contributed by atoms with Crippen LogP contribution in [0.5, 0.6) is 0 Å². The second-order valence-electron chi connectivity index (χ2n) is 4.29. The molecule has 7 heteroatoms. The van der Waals surface area contributed by atoms with Crippen molar-refractivity contribution in [1.29, 1.82) is 0 Å². The minimum atomic E-state index is -0.439. The Kier molecular flexibility index (Phi) is 6.61. The molecule has 0 aliphatic heterocycles. The summed E-state index contributed by atoms with van der Waals surface area (Å²) >= 11 is 0. The topological polar surface area (TPSA) is 93.5 Å². The largest absolute Gasteiger partial charge is 0.383 e. The standard InChI is InChI=1S/C13H19N3O4/c1-10(15-9-13(17)14-7-8-20-2)11-3-5-12(6-4-11)16(18)19/h3-6,10,15H,7-9H2,1-2H3,(H,14,17). The monoisotopic (exact) mass is 281 g/mol. The van der Waals surface area contributed by atoms with E-state index in [0.29, 0.717) is 13.2 Å². The lowest BCUT2D eigenvalue weighted by Crippen LogP contribution is -2.36. The highest BCUT2D eigenvalue weighted by molar-refractivity contribution is 5.78. The van der Waals surface area contributed by atoms with E-state index < -0.39 is 4.92 Å². The molecule has 1 unspecified atom stereocenters. The molecular formula is C13H19N3O4. The lowest BCUT2D eigenvalue weighted by molar-refractivity contribution is -0.384. The molecule has 0 radical (unpaired) electrons. The molecule has 1 aromatic carbocycles. The number of amides is 1. The van der Waals surface area contributed by atoms with Crippen LogP contribution < -0.4 is 10.6 Å². The van der Waals surface area contributed by atoms with E-state index in [9.17, 15) is 14.9 Å². The molecule has 7 nitrogen and oxygen atoms in total. The second kappa shape index (κ2) is 8.23. The number of hydrogen-bond donors (Lipinski definition) is 2. The fraction of sp³-hybridized carbons (Fsp3) is 0.462. The Morgan fingerprint density at radius 3 is 2.60 bits per heavy atom. The van der Waals surface area contributed by atoms with Crippen LogP contribution in [-0.4, -0.2) is 37.6 Å². The molecule has 0 aliphatic carbocycles. The number of hydrogen-bond acceptors (Lipinski definition) is 5. The zero-order valence-electron chi connectivity index (χ0n) is 11.6. The first kappa shape index (κ1) is 16.1. The van der Waals surface area contributed by atoms with Gasteiger partial charge < -0.3 is 15.4 Å². The van der Waals surface area contributed by atoms with Gasteiger partial charge in [-0.25, -0.2) is 0 Å². The van der Waals surface area contributed by atoms with Gasteiger partial charge in [0.2, 0.25) is 5.91 Å². The molecule has 0 aliphatic rings. The third-order valence-corrected chi connectivity index (χ3v) is 2.80. The highest BCUT2D eigenvalue weighted by atomic mass is 16.6. The van der Waals surface area contributed by atoms with Gasteiger partial charge in [0.05, 0.1) is 18.1 Å². The van der Waals surface area contributed by atoms with Gasteiger partial charge >= 0.3 is 0 Å². The van der Waals surface area contributed by atoms with Crippen molar-refractivity contribution in [3.63, 3.8) is 0 Å². The number of benzene rings is 1. The van der Waals surface area contributed by atoms with Gasteiger partial charge in [0.1, 0.15) is 0 Å². The van der Waals surface area contributed by atoms with E-state index in [0.717, 1.165) is 5.56 Å². The van der Waals surface area contributed by atoms with E-state index in [-0.39, 0.29) is 24.2 Å². The maximum atomic E-state index is 11.5. The van der Waals surface area contributed by atoms with Crippen LogP contribution in [0.3, 0.4) is 0 Å². The average Bonchev–Trinajstić information content (AvgIpc) is 2.45. The minimum absolute atomic E-state index is 0.0539. The molecule has 1 atom stereocenters. The number of ether oxygens (including phenoxy) is 1. The Bertz CT molecular complexity index is 447. The molecular weight excluding hydrogens is 262 g/mol. The average molecular weight is 281 g/mol. The molecule has 1 rings (SSSR count). The van der Waals surface area contributed by atoms with Crippen molar-refractivity contribution >= 4 is 11.6 Å². The number of carbonyl (C=O) groups excluding carboxylic acids is 1. The van der Waals surface area contributed by atoms with Gasteiger partial charge in [0.15, 0.2) is 0 Å². The summed E-state index contributed by atoms with van der Waals surface area (Å²) in [6.07, 6.45) is 0. The van der Waals surface area contributed by atoms with Gasteiger partial charge in [-0.1, -0.05) is 12.1 Å². The van der Waals surface area contributed by atoms with Gasteiger partial charge in [-0.05, 0) is 12.5 Å². The lowest BCUT2D eigenvalue weighted by atomic mass is 10.1. The number of rotatable bonds is 8. The zero-order chi connectivity index (χ0) is 15.0.